The molecule has 0 radical (unpaired) electrons. The molecule has 2 aromatic carbocycles. The molecule has 0 amide bonds. The summed E-state index contributed by atoms with van der Waals surface area (Å²) in [6.45, 7) is 2.55. The van der Waals surface area contributed by atoms with Crippen LogP contribution in [0.1, 0.15) is 24.8 Å². The van der Waals surface area contributed by atoms with Crippen molar-refractivity contribution >= 4 is 16.5 Å². The number of nitrogens with zero attached hydrogens (tertiary/aromatic N) is 1. The van der Waals surface area contributed by atoms with Crippen molar-refractivity contribution in [1.82, 2.24) is 4.57 Å². The topological polar surface area (TPSA) is 93.0 Å². The maximum Gasteiger partial charge on any atom is 0.258 e. The van der Waals surface area contributed by atoms with Gasteiger partial charge in [0.2, 0.25) is 0 Å². The normalized spacial score (nSPS) is 15.2. The predicted octanol–water partition coefficient (Wildman–Crippen LogP) is 2.43. The lowest BCUT2D eigenvalue weighted by molar-refractivity contribution is 0.156. The molecule has 0 saturated heterocycles. The van der Waals surface area contributed by atoms with E-state index in [1.54, 1.807) is 55.6 Å². The molecule has 1 aliphatic heterocycles. The Morgan fingerprint density at radius 2 is 1.89 bits per heavy atom. The SMILES string of the molecule is CC(CO)n1ccc2c(NC(O)c3cccc4c3OCCO4)cccc2c1=O. The zero-order chi connectivity index (χ0) is 19.7. The summed E-state index contributed by atoms with van der Waals surface area (Å²) in [7, 11) is 0. The van der Waals surface area contributed by atoms with Gasteiger partial charge in [0.15, 0.2) is 17.7 Å². The quantitative estimate of drug-likeness (QED) is 0.587. The highest BCUT2D eigenvalue weighted by Gasteiger charge is 2.21. The summed E-state index contributed by atoms with van der Waals surface area (Å²) in [6.07, 6.45) is 0.616. The van der Waals surface area contributed by atoms with E-state index in [-0.39, 0.29) is 18.2 Å². The van der Waals surface area contributed by atoms with Crippen LogP contribution in [0.2, 0.25) is 0 Å². The molecule has 2 unspecified atom stereocenters. The predicted molar refractivity (Wildman–Crippen MR) is 106 cm³/mol. The highest BCUT2D eigenvalue weighted by atomic mass is 16.6. The van der Waals surface area contributed by atoms with Gasteiger partial charge in [-0.2, -0.15) is 0 Å². The number of nitrogens with one attached hydrogen (secondary N) is 1. The molecule has 3 aromatic rings. The van der Waals surface area contributed by atoms with Crippen LogP contribution in [0.4, 0.5) is 5.69 Å². The molecular weight excluding hydrogens is 360 g/mol. The Morgan fingerprint density at radius 1 is 1.11 bits per heavy atom. The second-order valence-electron chi connectivity index (χ2n) is 6.74. The Hall–Kier alpha value is -3.03. The van der Waals surface area contributed by atoms with E-state index < -0.39 is 6.23 Å². The third kappa shape index (κ3) is 3.19. The first kappa shape index (κ1) is 18.3. The molecule has 4 rings (SSSR count). The Bertz CT molecular complexity index is 1060. The van der Waals surface area contributed by atoms with E-state index in [1.807, 2.05) is 0 Å². The molecule has 1 aliphatic rings. The molecule has 2 heterocycles. The van der Waals surface area contributed by atoms with Gasteiger partial charge in [0.25, 0.3) is 5.56 Å². The van der Waals surface area contributed by atoms with Crippen LogP contribution in [0, 0.1) is 0 Å². The number of hydrogen-bond donors (Lipinski definition) is 3. The smallest absolute Gasteiger partial charge is 0.258 e. The number of fused-ring (bicyclic) bond motifs is 2. The van der Waals surface area contributed by atoms with Crippen molar-refractivity contribution < 1.29 is 19.7 Å². The van der Waals surface area contributed by atoms with Gasteiger partial charge >= 0.3 is 0 Å². The van der Waals surface area contributed by atoms with E-state index in [0.29, 0.717) is 46.7 Å². The van der Waals surface area contributed by atoms with Gasteiger partial charge in [0, 0.05) is 28.2 Å². The number of aliphatic hydroxyl groups is 2. The van der Waals surface area contributed by atoms with E-state index in [0.717, 1.165) is 0 Å². The third-order valence-electron chi connectivity index (χ3n) is 4.90. The van der Waals surface area contributed by atoms with Crippen LogP contribution in [0.15, 0.2) is 53.5 Å². The molecule has 7 heteroatoms. The van der Waals surface area contributed by atoms with Crippen molar-refractivity contribution in [3.05, 3.63) is 64.6 Å². The Kier molecular flexibility index (Phi) is 4.93. The molecule has 7 nitrogen and oxygen atoms in total. The first-order valence-electron chi connectivity index (χ1n) is 9.18. The van der Waals surface area contributed by atoms with Gasteiger partial charge in [-0.1, -0.05) is 18.2 Å². The number of rotatable bonds is 5. The van der Waals surface area contributed by atoms with Crippen molar-refractivity contribution in [1.29, 1.82) is 0 Å². The molecule has 3 N–H and O–H groups in total. The standard InChI is InChI=1S/C21H22N2O5/c1-13(12-24)23-9-8-14-15(21(23)26)4-2-6-17(14)22-20(25)16-5-3-7-18-19(16)28-11-10-27-18/h2-9,13,20,22,24-25H,10-12H2,1H3. The Balaban J connectivity index is 1.71. The van der Waals surface area contributed by atoms with Gasteiger partial charge in [-0.25, -0.2) is 0 Å². The van der Waals surface area contributed by atoms with Gasteiger partial charge in [-0.05, 0) is 31.2 Å². The fourth-order valence-electron chi connectivity index (χ4n) is 3.39. The van der Waals surface area contributed by atoms with Crippen molar-refractivity contribution in [3.63, 3.8) is 0 Å². The zero-order valence-electron chi connectivity index (χ0n) is 15.5. The molecule has 0 bridgehead atoms. The van der Waals surface area contributed by atoms with E-state index in [4.69, 9.17) is 9.47 Å². The number of aliphatic hydroxyl groups excluding tert-OH is 2. The number of benzene rings is 2. The maximum atomic E-state index is 12.8. The number of aromatic nitrogens is 1. The first-order valence-corrected chi connectivity index (χ1v) is 9.18. The van der Waals surface area contributed by atoms with Gasteiger partial charge in [-0.15, -0.1) is 0 Å². The minimum absolute atomic E-state index is 0.122. The second kappa shape index (κ2) is 7.53. The molecule has 1 aromatic heterocycles. The minimum atomic E-state index is -1.04. The Morgan fingerprint density at radius 3 is 2.71 bits per heavy atom. The maximum absolute atomic E-state index is 12.8. The van der Waals surface area contributed by atoms with Gasteiger partial charge in [0.05, 0.1) is 12.6 Å². The van der Waals surface area contributed by atoms with Crippen LogP contribution in [0.5, 0.6) is 11.5 Å². The van der Waals surface area contributed by atoms with Gasteiger partial charge < -0.3 is 29.6 Å². The van der Waals surface area contributed by atoms with Crippen molar-refractivity contribution in [2.24, 2.45) is 0 Å². The Labute approximate surface area is 161 Å². The van der Waals surface area contributed by atoms with Gasteiger partial charge in [0.1, 0.15) is 13.2 Å². The van der Waals surface area contributed by atoms with Crippen LogP contribution >= 0.6 is 0 Å². The summed E-state index contributed by atoms with van der Waals surface area (Å²) >= 11 is 0. The fourth-order valence-corrected chi connectivity index (χ4v) is 3.39. The van der Waals surface area contributed by atoms with Crippen LogP contribution in [0.3, 0.4) is 0 Å². The molecule has 0 fully saturated rings. The summed E-state index contributed by atoms with van der Waals surface area (Å²) < 4.78 is 12.7. The van der Waals surface area contributed by atoms with E-state index in [2.05, 4.69) is 5.32 Å². The molecular formula is C21H22N2O5. The van der Waals surface area contributed by atoms with E-state index in [1.165, 1.54) is 4.57 Å². The van der Waals surface area contributed by atoms with Crippen molar-refractivity contribution in [2.75, 3.05) is 25.1 Å². The first-order chi connectivity index (χ1) is 13.6. The van der Waals surface area contributed by atoms with E-state index in [9.17, 15) is 15.0 Å². The largest absolute Gasteiger partial charge is 0.486 e. The number of ether oxygens (including phenoxy) is 2. The summed E-state index contributed by atoms with van der Waals surface area (Å²) in [5, 5.41) is 24.4. The third-order valence-corrected chi connectivity index (χ3v) is 4.90. The summed E-state index contributed by atoms with van der Waals surface area (Å²) in [4.78, 5) is 12.8. The fraction of sp³-hybridized carbons (Fsp3) is 0.286. The highest BCUT2D eigenvalue weighted by molar-refractivity contribution is 5.93. The molecule has 146 valence electrons. The summed E-state index contributed by atoms with van der Waals surface area (Å²) in [5.74, 6) is 1.12. The molecule has 0 spiro atoms. The lowest BCUT2D eigenvalue weighted by Crippen LogP contribution is -2.25. The van der Waals surface area contributed by atoms with E-state index >= 15 is 0 Å². The summed E-state index contributed by atoms with van der Waals surface area (Å²) in [6, 6.07) is 12.2. The van der Waals surface area contributed by atoms with Crippen LogP contribution < -0.4 is 20.3 Å². The van der Waals surface area contributed by atoms with Crippen LogP contribution in [-0.2, 0) is 0 Å². The molecule has 0 aliphatic carbocycles. The minimum Gasteiger partial charge on any atom is -0.486 e. The van der Waals surface area contributed by atoms with Crippen molar-refractivity contribution in [3.8, 4) is 11.5 Å². The summed E-state index contributed by atoms with van der Waals surface area (Å²) in [5.41, 5.74) is 1.00. The number of para-hydroxylation sites is 1. The number of pyridine rings is 1. The molecule has 28 heavy (non-hydrogen) atoms. The van der Waals surface area contributed by atoms with Crippen molar-refractivity contribution in [2.45, 2.75) is 19.2 Å². The van der Waals surface area contributed by atoms with Crippen LogP contribution in [0.25, 0.3) is 10.8 Å². The lowest BCUT2D eigenvalue weighted by Gasteiger charge is -2.24. The van der Waals surface area contributed by atoms with Crippen LogP contribution in [-0.4, -0.2) is 34.6 Å². The van der Waals surface area contributed by atoms with Gasteiger partial charge in [-0.3, -0.25) is 4.79 Å². The molecule has 2 atom stereocenters. The second-order valence-corrected chi connectivity index (χ2v) is 6.74. The highest BCUT2D eigenvalue weighted by Crippen LogP contribution is 2.37. The average Bonchev–Trinajstić information content (AvgIpc) is 2.73. The average molecular weight is 382 g/mol. The zero-order valence-corrected chi connectivity index (χ0v) is 15.5. The molecule has 0 saturated carbocycles. The lowest BCUT2D eigenvalue weighted by atomic mass is 10.1. The monoisotopic (exact) mass is 382 g/mol. The number of anilines is 1. The number of hydrogen-bond acceptors (Lipinski definition) is 6.